The van der Waals surface area contributed by atoms with Crippen LogP contribution in [0.3, 0.4) is 0 Å². The number of halogens is 1. The third kappa shape index (κ3) is 4.40. The first-order valence-corrected chi connectivity index (χ1v) is 6.78. The average Bonchev–Trinajstić information content (AvgIpc) is 2.28. The van der Waals surface area contributed by atoms with E-state index in [1.54, 1.807) is 12.1 Å². The van der Waals surface area contributed by atoms with Gasteiger partial charge in [0.2, 0.25) is 0 Å². The van der Waals surface area contributed by atoms with Gasteiger partial charge in [-0.25, -0.2) is 0 Å². The first-order valence-electron chi connectivity index (χ1n) is 5.66. The summed E-state index contributed by atoms with van der Waals surface area (Å²) in [4.78, 5) is 0. The minimum atomic E-state index is 0.205. The van der Waals surface area contributed by atoms with Crippen LogP contribution in [0.25, 0.3) is 0 Å². The zero-order valence-corrected chi connectivity index (χ0v) is 12.1. The summed E-state index contributed by atoms with van der Waals surface area (Å²) < 4.78 is 5.75. The fourth-order valence-electron chi connectivity index (χ4n) is 1.38. The smallest absolute Gasteiger partial charge is 0.120 e. The van der Waals surface area contributed by atoms with Crippen LogP contribution in [-0.4, -0.2) is 11.9 Å². The highest BCUT2D eigenvalue weighted by Gasteiger charge is 2.24. The standard InChI is InChI=1S/C14H18BrNO/c1-14(2,3)12(8-15)10-17-13-6-4-5-11(7-13)9-16/h4-7,12H,8,10H2,1-3H3. The molecule has 0 aliphatic rings. The molecule has 1 aromatic carbocycles. The summed E-state index contributed by atoms with van der Waals surface area (Å²) in [6, 6.07) is 9.38. The van der Waals surface area contributed by atoms with Crippen molar-refractivity contribution in [2.24, 2.45) is 11.3 Å². The molecule has 0 saturated heterocycles. The minimum Gasteiger partial charge on any atom is -0.493 e. The van der Waals surface area contributed by atoms with Gasteiger partial charge in [-0.3, -0.25) is 0 Å². The molecule has 0 N–H and O–H groups in total. The average molecular weight is 296 g/mol. The second-order valence-corrected chi connectivity index (χ2v) is 5.82. The predicted molar refractivity (Wildman–Crippen MR) is 73.4 cm³/mol. The topological polar surface area (TPSA) is 33.0 Å². The zero-order valence-electron chi connectivity index (χ0n) is 10.5. The van der Waals surface area contributed by atoms with Gasteiger partial charge in [0.25, 0.3) is 0 Å². The Labute approximate surface area is 112 Å². The van der Waals surface area contributed by atoms with E-state index in [0.29, 0.717) is 18.1 Å². The molecule has 0 bridgehead atoms. The van der Waals surface area contributed by atoms with Crippen LogP contribution in [0.2, 0.25) is 0 Å². The molecular formula is C14H18BrNO. The van der Waals surface area contributed by atoms with Crippen molar-refractivity contribution in [3.05, 3.63) is 29.8 Å². The molecule has 1 aromatic rings. The van der Waals surface area contributed by atoms with E-state index in [2.05, 4.69) is 42.8 Å². The molecule has 0 aliphatic carbocycles. The monoisotopic (exact) mass is 295 g/mol. The third-order valence-corrected chi connectivity index (χ3v) is 3.61. The van der Waals surface area contributed by atoms with Gasteiger partial charge in [-0.2, -0.15) is 5.26 Å². The van der Waals surface area contributed by atoms with E-state index < -0.39 is 0 Å². The van der Waals surface area contributed by atoms with Crippen LogP contribution in [0.1, 0.15) is 26.3 Å². The molecule has 1 unspecified atom stereocenters. The molecular weight excluding hydrogens is 278 g/mol. The number of benzene rings is 1. The van der Waals surface area contributed by atoms with Crippen LogP contribution in [0, 0.1) is 22.7 Å². The van der Waals surface area contributed by atoms with Gasteiger partial charge < -0.3 is 4.74 Å². The normalized spacial score (nSPS) is 12.9. The van der Waals surface area contributed by atoms with Crippen LogP contribution in [-0.2, 0) is 0 Å². The summed E-state index contributed by atoms with van der Waals surface area (Å²) in [6.07, 6.45) is 0. The quantitative estimate of drug-likeness (QED) is 0.787. The lowest BCUT2D eigenvalue weighted by atomic mass is 9.83. The molecule has 2 nitrogen and oxygen atoms in total. The van der Waals surface area contributed by atoms with Crippen molar-refractivity contribution in [2.45, 2.75) is 20.8 Å². The molecule has 17 heavy (non-hydrogen) atoms. The van der Waals surface area contributed by atoms with Crippen molar-refractivity contribution >= 4 is 15.9 Å². The zero-order chi connectivity index (χ0) is 12.9. The molecule has 3 heteroatoms. The maximum absolute atomic E-state index is 8.80. The Kier molecular flexibility index (Phi) is 5.02. The fourth-order valence-corrected chi connectivity index (χ4v) is 2.54. The number of ether oxygens (including phenoxy) is 1. The predicted octanol–water partition coefficient (Wildman–Crippen LogP) is 3.99. The molecule has 0 aromatic heterocycles. The van der Waals surface area contributed by atoms with Crippen LogP contribution < -0.4 is 4.74 Å². The maximum atomic E-state index is 8.80. The molecule has 0 aliphatic heterocycles. The Hall–Kier alpha value is -1.01. The van der Waals surface area contributed by atoms with Crippen LogP contribution in [0.15, 0.2) is 24.3 Å². The summed E-state index contributed by atoms with van der Waals surface area (Å²) >= 11 is 3.52. The number of hydrogen-bond donors (Lipinski definition) is 0. The Balaban J connectivity index is 2.63. The van der Waals surface area contributed by atoms with Crippen LogP contribution in [0.5, 0.6) is 5.75 Å². The minimum absolute atomic E-state index is 0.205. The summed E-state index contributed by atoms with van der Waals surface area (Å²) in [5, 5.41) is 9.71. The summed E-state index contributed by atoms with van der Waals surface area (Å²) in [6.45, 7) is 7.26. The Morgan fingerprint density at radius 1 is 1.41 bits per heavy atom. The molecule has 1 atom stereocenters. The Morgan fingerprint density at radius 2 is 2.12 bits per heavy atom. The molecule has 0 saturated carbocycles. The van der Waals surface area contributed by atoms with Gasteiger partial charge in [-0.1, -0.05) is 42.8 Å². The number of rotatable bonds is 4. The Morgan fingerprint density at radius 3 is 2.65 bits per heavy atom. The van der Waals surface area contributed by atoms with E-state index in [1.807, 2.05) is 12.1 Å². The summed E-state index contributed by atoms with van der Waals surface area (Å²) in [5.74, 6) is 1.20. The Bertz CT molecular complexity index is 403. The lowest BCUT2D eigenvalue weighted by molar-refractivity contribution is 0.166. The molecule has 0 spiro atoms. The van der Waals surface area contributed by atoms with E-state index >= 15 is 0 Å². The molecule has 0 amide bonds. The van der Waals surface area contributed by atoms with Crippen molar-refractivity contribution in [2.75, 3.05) is 11.9 Å². The third-order valence-electron chi connectivity index (χ3n) is 2.83. The van der Waals surface area contributed by atoms with Crippen molar-refractivity contribution in [3.63, 3.8) is 0 Å². The molecule has 0 heterocycles. The van der Waals surface area contributed by atoms with Gasteiger partial charge in [-0.05, 0) is 23.6 Å². The van der Waals surface area contributed by atoms with Gasteiger partial charge in [0.05, 0.1) is 18.2 Å². The number of alkyl halides is 1. The first-order chi connectivity index (χ1) is 7.97. The van der Waals surface area contributed by atoms with E-state index in [0.717, 1.165) is 11.1 Å². The number of nitriles is 1. The fraction of sp³-hybridized carbons (Fsp3) is 0.500. The molecule has 0 fully saturated rings. The van der Waals surface area contributed by atoms with E-state index in [9.17, 15) is 0 Å². The van der Waals surface area contributed by atoms with Crippen LogP contribution in [0.4, 0.5) is 0 Å². The van der Waals surface area contributed by atoms with E-state index in [1.165, 1.54) is 0 Å². The van der Waals surface area contributed by atoms with Gasteiger partial charge in [0, 0.05) is 11.2 Å². The second-order valence-electron chi connectivity index (χ2n) is 5.17. The maximum Gasteiger partial charge on any atom is 0.120 e. The molecule has 1 rings (SSSR count). The SMILES string of the molecule is CC(C)(C)C(CBr)COc1cccc(C#N)c1. The summed E-state index contributed by atoms with van der Waals surface area (Å²) in [7, 11) is 0. The first kappa shape index (κ1) is 14.1. The van der Waals surface area contributed by atoms with Crippen molar-refractivity contribution < 1.29 is 4.74 Å². The van der Waals surface area contributed by atoms with Gasteiger partial charge in [0.1, 0.15) is 5.75 Å². The van der Waals surface area contributed by atoms with Crippen LogP contribution >= 0.6 is 15.9 Å². The van der Waals surface area contributed by atoms with Gasteiger partial charge >= 0.3 is 0 Å². The highest BCUT2D eigenvalue weighted by molar-refractivity contribution is 9.09. The second kappa shape index (κ2) is 6.07. The molecule has 0 radical (unpaired) electrons. The lowest BCUT2D eigenvalue weighted by Crippen LogP contribution is -2.27. The lowest BCUT2D eigenvalue weighted by Gasteiger charge is -2.28. The van der Waals surface area contributed by atoms with E-state index in [-0.39, 0.29) is 5.41 Å². The highest BCUT2D eigenvalue weighted by Crippen LogP contribution is 2.28. The van der Waals surface area contributed by atoms with E-state index in [4.69, 9.17) is 10.00 Å². The van der Waals surface area contributed by atoms with Crippen molar-refractivity contribution in [1.82, 2.24) is 0 Å². The largest absolute Gasteiger partial charge is 0.493 e. The van der Waals surface area contributed by atoms with Gasteiger partial charge in [-0.15, -0.1) is 0 Å². The molecule has 92 valence electrons. The van der Waals surface area contributed by atoms with Crippen molar-refractivity contribution in [3.8, 4) is 11.8 Å². The summed E-state index contributed by atoms with van der Waals surface area (Å²) in [5.41, 5.74) is 0.838. The van der Waals surface area contributed by atoms with Crippen molar-refractivity contribution in [1.29, 1.82) is 5.26 Å². The number of nitrogens with zero attached hydrogens (tertiary/aromatic N) is 1. The van der Waals surface area contributed by atoms with Gasteiger partial charge in [0.15, 0.2) is 0 Å². The highest BCUT2D eigenvalue weighted by atomic mass is 79.9. The number of hydrogen-bond acceptors (Lipinski definition) is 2.